The van der Waals surface area contributed by atoms with E-state index in [9.17, 15) is 39.0 Å². The van der Waals surface area contributed by atoms with Gasteiger partial charge in [0, 0.05) is 36.6 Å². The minimum absolute atomic E-state index is 0.00972. The van der Waals surface area contributed by atoms with Crippen LogP contribution in [0.15, 0.2) is 25.0 Å². The molecule has 0 aliphatic rings. The lowest BCUT2D eigenvalue weighted by Gasteiger charge is -2.23. The molecule has 0 fully saturated rings. The SMILES string of the molecule is NC(Cc1cnc[nH]1)C(=O)NC(CC(=O)O)C(=O)NC(CC(=O)O)C(=O)NC(Cc1cnc[nH]1)C(=O)O. The Morgan fingerprint density at radius 2 is 1.16 bits per heavy atom. The number of carboxylic acid groups (broad SMARTS) is 3. The van der Waals surface area contributed by atoms with Gasteiger partial charge in [-0.25, -0.2) is 14.8 Å². The number of imidazole rings is 2. The molecule has 0 bridgehead atoms. The number of aromatic nitrogens is 4. The highest BCUT2D eigenvalue weighted by molar-refractivity contribution is 5.96. The molecule has 2 aromatic rings. The van der Waals surface area contributed by atoms with Gasteiger partial charge in [0.25, 0.3) is 0 Å². The molecule has 3 amide bonds. The van der Waals surface area contributed by atoms with Gasteiger partial charge in [0.1, 0.15) is 18.1 Å². The van der Waals surface area contributed by atoms with Crippen LogP contribution < -0.4 is 21.7 Å². The first kappa shape index (κ1) is 28.4. The predicted octanol–water partition coefficient (Wildman–Crippen LogP) is -3.27. The number of rotatable bonds is 15. The molecule has 0 saturated heterocycles. The first-order chi connectivity index (χ1) is 17.5. The van der Waals surface area contributed by atoms with Crippen molar-refractivity contribution in [1.82, 2.24) is 35.9 Å². The van der Waals surface area contributed by atoms with Gasteiger partial charge in [-0.3, -0.25) is 24.0 Å². The molecule has 0 spiro atoms. The van der Waals surface area contributed by atoms with Gasteiger partial charge >= 0.3 is 17.9 Å². The summed E-state index contributed by atoms with van der Waals surface area (Å²) in [5, 5.41) is 34.1. The van der Waals surface area contributed by atoms with E-state index >= 15 is 0 Å². The largest absolute Gasteiger partial charge is 0.481 e. The third-order valence-electron chi connectivity index (χ3n) is 4.95. The Labute approximate surface area is 208 Å². The van der Waals surface area contributed by atoms with Crippen LogP contribution in [0.1, 0.15) is 24.2 Å². The van der Waals surface area contributed by atoms with Gasteiger partial charge in [-0.2, -0.15) is 0 Å². The lowest BCUT2D eigenvalue weighted by atomic mass is 10.1. The minimum atomic E-state index is -1.79. The summed E-state index contributed by atoms with van der Waals surface area (Å²) in [4.78, 5) is 85.0. The Morgan fingerprint density at radius 1 is 0.730 bits per heavy atom. The van der Waals surface area contributed by atoms with Crippen molar-refractivity contribution >= 4 is 35.6 Å². The number of H-pyrrole nitrogens is 2. The fourth-order valence-electron chi connectivity index (χ4n) is 3.13. The molecule has 2 rings (SSSR count). The Hall–Kier alpha value is -4.80. The molecule has 0 saturated carbocycles. The topological polar surface area (TPSA) is 283 Å². The van der Waals surface area contributed by atoms with Crippen molar-refractivity contribution in [3.05, 3.63) is 36.4 Å². The molecule has 0 aliphatic heterocycles. The number of hydrogen-bond acceptors (Lipinski definition) is 9. The number of aromatic amines is 2. The molecule has 10 N–H and O–H groups in total. The smallest absolute Gasteiger partial charge is 0.326 e. The van der Waals surface area contributed by atoms with Crippen molar-refractivity contribution in [2.24, 2.45) is 5.73 Å². The summed E-state index contributed by atoms with van der Waals surface area (Å²) < 4.78 is 0. The van der Waals surface area contributed by atoms with E-state index in [-0.39, 0.29) is 12.8 Å². The standard InChI is InChI=1S/C20H26N8O9/c21-11(1-9-5-22-7-24-9)17(33)26-12(3-15(29)30)18(34)27-13(4-16(31)32)19(35)28-14(20(36)37)2-10-6-23-8-25-10/h5-8,11-14H,1-4,21H2,(H,22,24)(H,23,25)(H,26,33)(H,27,34)(H,28,35)(H,29,30)(H,31,32)(H,36,37). The van der Waals surface area contributed by atoms with E-state index in [2.05, 4.69) is 35.9 Å². The second-order valence-corrected chi connectivity index (χ2v) is 7.89. The third kappa shape index (κ3) is 9.40. The highest BCUT2D eigenvalue weighted by atomic mass is 16.4. The highest BCUT2D eigenvalue weighted by Gasteiger charge is 2.32. The summed E-state index contributed by atoms with van der Waals surface area (Å²) in [5.41, 5.74) is 6.66. The number of hydrogen-bond donors (Lipinski definition) is 9. The number of amides is 3. The van der Waals surface area contributed by atoms with Crippen LogP contribution in [0.25, 0.3) is 0 Å². The Bertz CT molecular complexity index is 1100. The van der Waals surface area contributed by atoms with E-state index in [1.165, 1.54) is 25.0 Å². The van der Waals surface area contributed by atoms with E-state index < -0.39 is 72.6 Å². The molecular formula is C20H26N8O9. The van der Waals surface area contributed by atoms with Crippen LogP contribution in [-0.4, -0.2) is 95.1 Å². The maximum atomic E-state index is 12.8. The molecule has 2 heterocycles. The van der Waals surface area contributed by atoms with E-state index in [4.69, 9.17) is 10.8 Å². The average Bonchev–Trinajstić information content (AvgIpc) is 3.51. The number of carbonyl (C=O) groups is 6. The minimum Gasteiger partial charge on any atom is -0.481 e. The van der Waals surface area contributed by atoms with Crippen molar-refractivity contribution in [1.29, 1.82) is 0 Å². The Kier molecular flexibility index (Phi) is 10.2. The monoisotopic (exact) mass is 522 g/mol. The van der Waals surface area contributed by atoms with Crippen LogP contribution >= 0.6 is 0 Å². The number of nitrogens with one attached hydrogen (secondary N) is 5. The van der Waals surface area contributed by atoms with E-state index in [0.717, 1.165) is 0 Å². The van der Waals surface area contributed by atoms with Crippen molar-refractivity contribution in [2.45, 2.75) is 49.9 Å². The van der Waals surface area contributed by atoms with Crippen LogP contribution in [-0.2, 0) is 41.6 Å². The van der Waals surface area contributed by atoms with Gasteiger partial charge in [-0.1, -0.05) is 0 Å². The normalized spacial score (nSPS) is 14.0. The summed E-state index contributed by atoms with van der Waals surface area (Å²) in [6.07, 6.45) is 3.30. The lowest BCUT2D eigenvalue weighted by molar-refractivity contribution is -0.145. The maximum absolute atomic E-state index is 12.8. The van der Waals surface area contributed by atoms with Crippen molar-refractivity contribution in [2.75, 3.05) is 0 Å². The summed E-state index contributed by atoms with van der Waals surface area (Å²) in [6, 6.07) is -6.21. The van der Waals surface area contributed by atoms with Crippen LogP contribution in [0, 0.1) is 0 Å². The fraction of sp³-hybridized carbons (Fsp3) is 0.400. The molecule has 0 radical (unpaired) electrons. The maximum Gasteiger partial charge on any atom is 0.326 e. The first-order valence-electron chi connectivity index (χ1n) is 10.7. The van der Waals surface area contributed by atoms with E-state index in [1.54, 1.807) is 0 Å². The molecule has 0 aromatic carbocycles. The quantitative estimate of drug-likeness (QED) is 0.111. The van der Waals surface area contributed by atoms with E-state index in [1.807, 2.05) is 0 Å². The van der Waals surface area contributed by atoms with Gasteiger partial charge < -0.3 is 47.0 Å². The molecule has 2 aromatic heterocycles. The van der Waals surface area contributed by atoms with Crippen molar-refractivity contribution < 1.29 is 44.1 Å². The van der Waals surface area contributed by atoms with Crippen LogP contribution in [0.4, 0.5) is 0 Å². The molecule has 17 heteroatoms. The second kappa shape index (κ2) is 13.3. The van der Waals surface area contributed by atoms with Gasteiger partial charge in [-0.05, 0) is 0 Å². The Balaban J connectivity index is 2.11. The third-order valence-corrected chi connectivity index (χ3v) is 4.95. The molecule has 17 nitrogen and oxygen atoms in total. The van der Waals surface area contributed by atoms with Crippen LogP contribution in [0.2, 0.25) is 0 Å². The second-order valence-electron chi connectivity index (χ2n) is 7.89. The fourth-order valence-corrected chi connectivity index (χ4v) is 3.13. The molecule has 4 unspecified atom stereocenters. The summed E-state index contributed by atoms with van der Waals surface area (Å²) in [5.74, 6) is -7.66. The number of nitrogens with zero attached hydrogens (tertiary/aromatic N) is 2. The first-order valence-corrected chi connectivity index (χ1v) is 10.7. The number of nitrogens with two attached hydrogens (primary N) is 1. The molecule has 0 aliphatic carbocycles. The molecular weight excluding hydrogens is 496 g/mol. The van der Waals surface area contributed by atoms with Crippen molar-refractivity contribution in [3.8, 4) is 0 Å². The zero-order valence-corrected chi connectivity index (χ0v) is 19.2. The Morgan fingerprint density at radius 3 is 1.57 bits per heavy atom. The highest BCUT2D eigenvalue weighted by Crippen LogP contribution is 2.04. The summed E-state index contributed by atoms with van der Waals surface area (Å²) in [6.45, 7) is 0. The summed E-state index contributed by atoms with van der Waals surface area (Å²) in [7, 11) is 0. The van der Waals surface area contributed by atoms with Crippen molar-refractivity contribution in [3.63, 3.8) is 0 Å². The van der Waals surface area contributed by atoms with E-state index in [0.29, 0.717) is 11.4 Å². The number of carboxylic acids is 3. The zero-order chi connectivity index (χ0) is 27.5. The zero-order valence-electron chi connectivity index (χ0n) is 19.2. The van der Waals surface area contributed by atoms with Crippen LogP contribution in [0.5, 0.6) is 0 Å². The number of aliphatic carboxylic acids is 3. The lowest BCUT2D eigenvalue weighted by Crippen LogP contribution is -2.58. The average molecular weight is 522 g/mol. The molecule has 4 atom stereocenters. The van der Waals surface area contributed by atoms with Gasteiger partial charge in [0.2, 0.25) is 17.7 Å². The van der Waals surface area contributed by atoms with Gasteiger partial charge in [0.15, 0.2) is 0 Å². The van der Waals surface area contributed by atoms with Gasteiger partial charge in [-0.15, -0.1) is 0 Å². The number of carbonyl (C=O) groups excluding carboxylic acids is 3. The summed E-state index contributed by atoms with van der Waals surface area (Å²) >= 11 is 0. The molecule has 200 valence electrons. The predicted molar refractivity (Wildman–Crippen MR) is 120 cm³/mol. The van der Waals surface area contributed by atoms with Gasteiger partial charge in [0.05, 0.1) is 31.5 Å². The van der Waals surface area contributed by atoms with Crippen LogP contribution in [0.3, 0.4) is 0 Å². The molecule has 37 heavy (non-hydrogen) atoms.